The molecule has 0 saturated carbocycles. The van der Waals surface area contributed by atoms with Gasteiger partial charge in [0.25, 0.3) is 0 Å². The number of rotatable bonds is 4. The first-order chi connectivity index (χ1) is 4.59. The summed E-state index contributed by atoms with van der Waals surface area (Å²) in [6.07, 6.45) is 0. The molecule has 0 fully saturated rings. The van der Waals surface area contributed by atoms with Crippen LogP contribution in [0.15, 0.2) is 0 Å². The van der Waals surface area contributed by atoms with E-state index in [9.17, 15) is 0 Å². The maximum atomic E-state index is 5.47. The van der Waals surface area contributed by atoms with Gasteiger partial charge in [0, 0.05) is 0 Å². The standard InChI is InChI=1S/C5H11I3OS/c1-3-9-8(10)5(7)4(2)6/h4-5,10H,3H2,1-2H3. The van der Waals surface area contributed by atoms with Crippen LogP contribution in [0.25, 0.3) is 0 Å². The van der Waals surface area contributed by atoms with Crippen molar-refractivity contribution in [3.05, 3.63) is 0 Å². The molecule has 0 N–H and O–H groups in total. The van der Waals surface area contributed by atoms with Gasteiger partial charge >= 0.3 is 103 Å². The van der Waals surface area contributed by atoms with Crippen molar-refractivity contribution in [2.75, 3.05) is 6.61 Å². The molecule has 0 radical (unpaired) electrons. The van der Waals surface area contributed by atoms with Gasteiger partial charge < -0.3 is 0 Å². The molecule has 64 valence electrons. The molecule has 0 aliphatic carbocycles. The summed E-state index contributed by atoms with van der Waals surface area (Å²) in [5.41, 5.74) is 0. The van der Waals surface area contributed by atoms with Crippen LogP contribution in [-0.2, 0) is 3.07 Å². The van der Waals surface area contributed by atoms with Crippen LogP contribution in [0.5, 0.6) is 0 Å². The fourth-order valence-electron chi connectivity index (χ4n) is 0.320. The minimum absolute atomic E-state index is 0.644. The second kappa shape index (κ2) is 6.96. The van der Waals surface area contributed by atoms with E-state index in [4.69, 9.17) is 3.07 Å². The molecule has 0 spiro atoms. The SMILES string of the molecule is CCOI(S)C(I)C(C)I. The summed E-state index contributed by atoms with van der Waals surface area (Å²) >= 11 is 3.53. The molecule has 2 unspecified atom stereocenters. The average molecular weight is 500 g/mol. The molecule has 0 saturated heterocycles. The van der Waals surface area contributed by atoms with Gasteiger partial charge in [-0.2, -0.15) is 0 Å². The third-order valence-electron chi connectivity index (χ3n) is 0.746. The molecule has 1 nitrogen and oxygen atoms in total. The van der Waals surface area contributed by atoms with Crippen LogP contribution in [0.4, 0.5) is 0 Å². The number of hydrogen-bond acceptors (Lipinski definition) is 2. The van der Waals surface area contributed by atoms with Crippen LogP contribution in [0, 0.1) is 0 Å². The van der Waals surface area contributed by atoms with E-state index in [-0.39, 0.29) is 0 Å². The van der Waals surface area contributed by atoms with Crippen molar-refractivity contribution in [1.82, 2.24) is 0 Å². The molecular weight excluding hydrogens is 489 g/mol. The Labute approximate surface area is 101 Å². The van der Waals surface area contributed by atoms with Gasteiger partial charge in [0.2, 0.25) is 0 Å². The van der Waals surface area contributed by atoms with Crippen molar-refractivity contribution in [3.63, 3.8) is 0 Å². The summed E-state index contributed by atoms with van der Waals surface area (Å²) in [4.78, 5) is 0. The molecular formula is C5H11I3OS. The molecule has 0 rings (SSSR count). The molecule has 10 heavy (non-hydrogen) atoms. The number of thiol groups is 1. The Balaban J connectivity index is 3.58. The molecule has 0 aromatic heterocycles. The van der Waals surface area contributed by atoms with Crippen LogP contribution in [0.3, 0.4) is 0 Å². The van der Waals surface area contributed by atoms with Crippen molar-refractivity contribution in [1.29, 1.82) is 0 Å². The molecule has 0 aromatic carbocycles. The van der Waals surface area contributed by atoms with E-state index in [1.807, 2.05) is 6.92 Å². The Morgan fingerprint density at radius 2 is 2.10 bits per heavy atom. The van der Waals surface area contributed by atoms with Gasteiger partial charge in [-0.25, -0.2) is 0 Å². The van der Waals surface area contributed by atoms with Crippen LogP contribution >= 0.6 is 73.8 Å². The first-order valence-electron chi connectivity index (χ1n) is 2.88. The minimum atomic E-state index is -1.34. The molecule has 0 aliphatic heterocycles. The summed E-state index contributed by atoms with van der Waals surface area (Å²) in [7, 11) is 4.47. The summed E-state index contributed by atoms with van der Waals surface area (Å²) in [6.45, 7) is 5.05. The second-order valence-corrected chi connectivity index (χ2v) is 13.0. The van der Waals surface area contributed by atoms with E-state index in [2.05, 4.69) is 61.9 Å². The fourth-order valence-corrected chi connectivity index (χ4v) is 7.95. The Morgan fingerprint density at radius 3 is 2.40 bits per heavy atom. The van der Waals surface area contributed by atoms with E-state index in [0.29, 0.717) is 5.86 Å². The summed E-state index contributed by atoms with van der Waals surface area (Å²) in [6, 6.07) is 0. The van der Waals surface area contributed by atoms with E-state index in [1.165, 1.54) is 0 Å². The number of hydrogen-bond donors (Lipinski definition) is 1. The Morgan fingerprint density at radius 1 is 1.60 bits per heavy atom. The molecule has 0 bridgehead atoms. The average Bonchev–Trinajstić information content (AvgIpc) is 1.87. The summed E-state index contributed by atoms with van der Waals surface area (Å²) in [5.74, 6) is 0. The van der Waals surface area contributed by atoms with Crippen LogP contribution in [0.1, 0.15) is 13.8 Å². The first-order valence-corrected chi connectivity index (χ1v) is 10.7. The molecule has 0 heterocycles. The molecule has 5 heteroatoms. The summed E-state index contributed by atoms with van der Waals surface area (Å²) in [5, 5.41) is 0. The molecule has 0 aliphatic rings. The van der Waals surface area contributed by atoms with Crippen molar-refractivity contribution in [2.45, 2.75) is 19.7 Å². The van der Waals surface area contributed by atoms with Gasteiger partial charge in [0.15, 0.2) is 0 Å². The van der Waals surface area contributed by atoms with Crippen LogP contribution in [-0.4, -0.2) is 12.5 Å². The Hall–Kier alpha value is 2.50. The van der Waals surface area contributed by atoms with Gasteiger partial charge in [-0.3, -0.25) is 0 Å². The van der Waals surface area contributed by atoms with Gasteiger partial charge in [-0.05, 0) is 0 Å². The Kier molecular flexibility index (Phi) is 8.70. The predicted octanol–water partition coefficient (Wildman–Crippen LogP) is 3.87. The molecule has 0 aromatic rings. The third-order valence-corrected chi connectivity index (χ3v) is 16.1. The predicted molar refractivity (Wildman–Crippen MR) is 75.9 cm³/mol. The third kappa shape index (κ3) is 5.20. The van der Waals surface area contributed by atoms with Crippen LogP contribution < -0.4 is 0 Å². The van der Waals surface area contributed by atoms with E-state index in [0.717, 1.165) is 6.61 Å². The van der Waals surface area contributed by atoms with Crippen LogP contribution in [0.2, 0.25) is 0 Å². The zero-order valence-electron chi connectivity index (χ0n) is 5.85. The van der Waals surface area contributed by atoms with Gasteiger partial charge in [0.1, 0.15) is 0 Å². The van der Waals surface area contributed by atoms with E-state index in [1.54, 1.807) is 0 Å². The normalized spacial score (nSPS) is 18.3. The molecule has 0 amide bonds. The zero-order valence-corrected chi connectivity index (χ0v) is 13.2. The topological polar surface area (TPSA) is 9.23 Å². The van der Waals surface area contributed by atoms with Gasteiger partial charge in [-0.1, -0.05) is 0 Å². The van der Waals surface area contributed by atoms with Crippen molar-refractivity contribution in [3.8, 4) is 0 Å². The monoisotopic (exact) mass is 500 g/mol. The van der Waals surface area contributed by atoms with Crippen molar-refractivity contribution >= 4 is 73.8 Å². The molecule has 2 atom stereocenters. The first kappa shape index (κ1) is 12.5. The van der Waals surface area contributed by atoms with E-state index >= 15 is 0 Å². The second-order valence-electron chi connectivity index (χ2n) is 1.67. The number of halogens is 3. The fraction of sp³-hybridized carbons (Fsp3) is 1.00. The van der Waals surface area contributed by atoms with Crippen molar-refractivity contribution < 1.29 is 3.07 Å². The van der Waals surface area contributed by atoms with Gasteiger partial charge in [0.05, 0.1) is 0 Å². The summed E-state index contributed by atoms with van der Waals surface area (Å²) < 4.78 is 6.79. The number of alkyl halides is 3. The Bertz CT molecular complexity index is 91.0. The zero-order chi connectivity index (χ0) is 8.15. The van der Waals surface area contributed by atoms with Gasteiger partial charge in [-0.15, -0.1) is 0 Å². The maximum absolute atomic E-state index is 5.47. The van der Waals surface area contributed by atoms with Crippen molar-refractivity contribution in [2.24, 2.45) is 0 Å². The quantitative estimate of drug-likeness (QED) is 0.351. The van der Waals surface area contributed by atoms with E-state index < -0.39 is 18.8 Å².